The number of nitrogens with one attached hydrogen (secondary N) is 2. The monoisotopic (exact) mass is 376 g/mol. The van der Waals surface area contributed by atoms with E-state index in [1.807, 2.05) is 4.57 Å². The molecule has 2 heterocycles. The molecule has 26 heavy (non-hydrogen) atoms. The minimum absolute atomic E-state index is 0.264. The molecule has 0 atom stereocenters. The van der Waals surface area contributed by atoms with Crippen molar-refractivity contribution >= 4 is 29.1 Å². The summed E-state index contributed by atoms with van der Waals surface area (Å²) in [5, 5.41) is 5.99. The molecule has 8 heteroatoms. The molecule has 1 aromatic heterocycles. The van der Waals surface area contributed by atoms with E-state index in [4.69, 9.17) is 16.3 Å². The van der Waals surface area contributed by atoms with Crippen LogP contribution in [0.25, 0.3) is 0 Å². The van der Waals surface area contributed by atoms with Crippen molar-refractivity contribution < 1.29 is 14.3 Å². The van der Waals surface area contributed by atoms with Crippen LogP contribution in [0.5, 0.6) is 0 Å². The number of hydrogen-bond donors (Lipinski definition) is 2. The lowest BCUT2D eigenvalue weighted by atomic mass is 10.1. The zero-order chi connectivity index (χ0) is 18.5. The van der Waals surface area contributed by atoms with Gasteiger partial charge in [0.2, 0.25) is 0 Å². The number of aromatic nitrogens is 2. The highest BCUT2D eigenvalue weighted by atomic mass is 35.5. The second-order valence-corrected chi connectivity index (χ2v) is 6.43. The van der Waals surface area contributed by atoms with Gasteiger partial charge >= 0.3 is 0 Å². The van der Waals surface area contributed by atoms with Crippen LogP contribution in [0.15, 0.2) is 24.3 Å². The standard InChI is InChI=1S/C18H21ClN4O3/c1-26-11-9-20-18(25)16-22-15(14-8-4-5-10-23(14)16)17(24)21-13-7-3-2-6-12(13)19/h2-3,6-7H,4-5,8-11H2,1H3,(H,20,25)(H,21,24). The zero-order valence-electron chi connectivity index (χ0n) is 14.5. The first-order valence-corrected chi connectivity index (χ1v) is 8.92. The average molecular weight is 377 g/mol. The number of hydrogen-bond acceptors (Lipinski definition) is 4. The van der Waals surface area contributed by atoms with Gasteiger partial charge < -0.3 is 19.9 Å². The number of amides is 2. The number of rotatable bonds is 6. The van der Waals surface area contributed by atoms with Gasteiger partial charge in [0, 0.05) is 20.2 Å². The number of para-hydroxylation sites is 1. The Labute approximate surface area is 156 Å². The quantitative estimate of drug-likeness (QED) is 0.758. The molecule has 2 aromatic rings. The number of methoxy groups -OCH3 is 1. The molecule has 0 saturated heterocycles. The summed E-state index contributed by atoms with van der Waals surface area (Å²) >= 11 is 6.11. The summed E-state index contributed by atoms with van der Waals surface area (Å²) in [6.07, 6.45) is 2.62. The number of carbonyl (C=O) groups is 2. The molecule has 0 saturated carbocycles. The third-order valence-corrected chi connectivity index (χ3v) is 4.58. The molecule has 138 valence electrons. The Morgan fingerprint density at radius 2 is 2.08 bits per heavy atom. The third-order valence-electron chi connectivity index (χ3n) is 4.25. The van der Waals surface area contributed by atoms with Gasteiger partial charge in [0.1, 0.15) is 0 Å². The summed E-state index contributed by atoms with van der Waals surface area (Å²) in [6, 6.07) is 7.01. The van der Waals surface area contributed by atoms with E-state index in [1.165, 1.54) is 0 Å². The molecule has 0 fully saturated rings. The molecule has 1 aliphatic rings. The number of fused-ring (bicyclic) bond motifs is 1. The van der Waals surface area contributed by atoms with Gasteiger partial charge in [0.05, 0.1) is 23.0 Å². The number of carbonyl (C=O) groups excluding carboxylic acids is 2. The highest BCUT2D eigenvalue weighted by Crippen LogP contribution is 2.24. The summed E-state index contributed by atoms with van der Waals surface area (Å²) in [4.78, 5) is 29.5. The lowest BCUT2D eigenvalue weighted by molar-refractivity contribution is 0.0921. The summed E-state index contributed by atoms with van der Waals surface area (Å²) in [7, 11) is 1.57. The van der Waals surface area contributed by atoms with Crippen molar-refractivity contribution in [2.45, 2.75) is 25.8 Å². The SMILES string of the molecule is COCCNC(=O)c1nc(C(=O)Nc2ccccc2Cl)c2n1CCCC2. The topological polar surface area (TPSA) is 85.2 Å². The van der Waals surface area contributed by atoms with Crippen LogP contribution in [0.1, 0.15) is 39.6 Å². The Hall–Kier alpha value is -2.38. The predicted octanol–water partition coefficient (Wildman–Crippen LogP) is 2.50. The van der Waals surface area contributed by atoms with Crippen LogP contribution in [0.3, 0.4) is 0 Å². The lowest BCUT2D eigenvalue weighted by Gasteiger charge is -2.17. The van der Waals surface area contributed by atoms with Crippen LogP contribution < -0.4 is 10.6 Å². The largest absolute Gasteiger partial charge is 0.383 e. The Morgan fingerprint density at radius 3 is 2.85 bits per heavy atom. The molecule has 2 N–H and O–H groups in total. The fourth-order valence-corrected chi connectivity index (χ4v) is 3.17. The zero-order valence-corrected chi connectivity index (χ0v) is 15.3. The van der Waals surface area contributed by atoms with Crippen molar-refractivity contribution in [3.05, 3.63) is 46.5 Å². The third kappa shape index (κ3) is 3.89. The predicted molar refractivity (Wildman–Crippen MR) is 98.8 cm³/mol. The minimum atomic E-state index is -0.361. The first-order chi connectivity index (χ1) is 12.6. The van der Waals surface area contributed by atoms with Gasteiger partial charge in [-0.3, -0.25) is 9.59 Å². The Balaban J connectivity index is 1.86. The van der Waals surface area contributed by atoms with Crippen molar-refractivity contribution in [2.75, 3.05) is 25.6 Å². The smallest absolute Gasteiger partial charge is 0.287 e. The van der Waals surface area contributed by atoms with Crippen LogP contribution >= 0.6 is 11.6 Å². The van der Waals surface area contributed by atoms with Gasteiger partial charge in [-0.2, -0.15) is 0 Å². The van der Waals surface area contributed by atoms with E-state index in [9.17, 15) is 9.59 Å². The number of ether oxygens (including phenoxy) is 1. The van der Waals surface area contributed by atoms with Gasteiger partial charge in [-0.05, 0) is 31.4 Å². The molecule has 7 nitrogen and oxygen atoms in total. The van der Waals surface area contributed by atoms with Gasteiger partial charge in [-0.25, -0.2) is 4.98 Å². The fourth-order valence-electron chi connectivity index (χ4n) is 2.99. The van der Waals surface area contributed by atoms with Crippen molar-refractivity contribution in [3.63, 3.8) is 0 Å². The summed E-state index contributed by atoms with van der Waals surface area (Å²) in [5.41, 5.74) is 1.59. The van der Waals surface area contributed by atoms with Gasteiger partial charge in [-0.1, -0.05) is 23.7 Å². The molecule has 3 rings (SSSR count). The molecule has 0 bridgehead atoms. The average Bonchev–Trinajstić information content (AvgIpc) is 3.04. The van der Waals surface area contributed by atoms with E-state index in [-0.39, 0.29) is 23.3 Å². The maximum absolute atomic E-state index is 12.7. The number of halogens is 1. The van der Waals surface area contributed by atoms with E-state index < -0.39 is 0 Å². The Morgan fingerprint density at radius 1 is 1.27 bits per heavy atom. The second-order valence-electron chi connectivity index (χ2n) is 6.02. The molecule has 2 amide bonds. The van der Waals surface area contributed by atoms with E-state index in [1.54, 1.807) is 31.4 Å². The van der Waals surface area contributed by atoms with Crippen molar-refractivity contribution in [3.8, 4) is 0 Å². The summed E-state index contributed by atoms with van der Waals surface area (Å²) in [5.74, 6) is -0.401. The van der Waals surface area contributed by atoms with Crippen molar-refractivity contribution in [1.29, 1.82) is 0 Å². The van der Waals surface area contributed by atoms with Crippen molar-refractivity contribution in [1.82, 2.24) is 14.9 Å². The molecule has 1 aromatic carbocycles. The van der Waals surface area contributed by atoms with Gasteiger partial charge in [-0.15, -0.1) is 0 Å². The number of anilines is 1. The van der Waals surface area contributed by atoms with Crippen molar-refractivity contribution in [2.24, 2.45) is 0 Å². The molecule has 0 radical (unpaired) electrons. The molecule has 0 unspecified atom stereocenters. The first-order valence-electron chi connectivity index (χ1n) is 8.54. The van der Waals surface area contributed by atoms with Gasteiger partial charge in [0.15, 0.2) is 11.5 Å². The number of imidazole rings is 1. The van der Waals surface area contributed by atoms with Gasteiger partial charge in [0.25, 0.3) is 11.8 Å². The van der Waals surface area contributed by atoms with E-state index >= 15 is 0 Å². The molecule has 0 aliphatic carbocycles. The minimum Gasteiger partial charge on any atom is -0.383 e. The molecule has 0 spiro atoms. The highest BCUT2D eigenvalue weighted by Gasteiger charge is 2.27. The molecular weight excluding hydrogens is 356 g/mol. The Kier molecular flexibility index (Phi) is 5.90. The fraction of sp³-hybridized carbons (Fsp3) is 0.389. The van der Waals surface area contributed by atoms with Crippen LogP contribution in [0, 0.1) is 0 Å². The Bertz CT molecular complexity index is 819. The highest BCUT2D eigenvalue weighted by molar-refractivity contribution is 6.33. The van der Waals surface area contributed by atoms with E-state index in [0.29, 0.717) is 36.8 Å². The lowest BCUT2D eigenvalue weighted by Crippen LogP contribution is -2.30. The van der Waals surface area contributed by atoms with Crippen LogP contribution in [-0.4, -0.2) is 41.6 Å². The maximum Gasteiger partial charge on any atom is 0.287 e. The van der Waals surface area contributed by atoms with E-state index in [0.717, 1.165) is 18.5 Å². The second kappa shape index (κ2) is 8.33. The molecule has 1 aliphatic heterocycles. The molecular formula is C18H21ClN4O3. The van der Waals surface area contributed by atoms with Crippen LogP contribution in [0.2, 0.25) is 5.02 Å². The van der Waals surface area contributed by atoms with E-state index in [2.05, 4.69) is 15.6 Å². The first kappa shape index (κ1) is 18.4. The van der Waals surface area contributed by atoms with Crippen LogP contribution in [-0.2, 0) is 17.7 Å². The maximum atomic E-state index is 12.7. The summed E-state index contributed by atoms with van der Waals surface area (Å²) < 4.78 is 6.78. The van der Waals surface area contributed by atoms with Crippen LogP contribution in [0.4, 0.5) is 5.69 Å². The normalized spacial score (nSPS) is 13.2. The number of nitrogens with zero attached hydrogens (tertiary/aromatic N) is 2. The number of benzene rings is 1. The summed E-state index contributed by atoms with van der Waals surface area (Å²) in [6.45, 7) is 1.48.